The number of hydrogen-bond acceptors (Lipinski definition) is 4. The first-order chi connectivity index (χ1) is 10.3. The number of benzene rings is 1. The third-order valence-corrected chi connectivity index (χ3v) is 3.54. The molecule has 3 rings (SSSR count). The molecular weight excluding hydrogens is 266 g/mol. The number of ether oxygens (including phenoxy) is 1. The van der Waals surface area contributed by atoms with Gasteiger partial charge in [-0.3, -0.25) is 0 Å². The Hall–Kier alpha value is -2.27. The Morgan fingerprint density at radius 3 is 3.10 bits per heavy atom. The second kappa shape index (κ2) is 6.01. The summed E-state index contributed by atoms with van der Waals surface area (Å²) >= 11 is 0. The van der Waals surface area contributed by atoms with Gasteiger partial charge in [0.1, 0.15) is 11.6 Å². The zero-order valence-corrected chi connectivity index (χ0v) is 12.2. The number of imidazole rings is 1. The van der Waals surface area contributed by atoms with E-state index in [9.17, 15) is 0 Å². The largest absolute Gasteiger partial charge is 0.493 e. The Morgan fingerprint density at radius 2 is 2.33 bits per heavy atom. The maximum atomic E-state index is 5.93. The summed E-state index contributed by atoms with van der Waals surface area (Å²) in [7, 11) is 1.65. The SMILES string of the molecule is COc1cccc2cc(C(C)NCCc3ncc[nH]3)oc12. The van der Waals surface area contributed by atoms with Crippen molar-refractivity contribution >= 4 is 11.0 Å². The maximum Gasteiger partial charge on any atom is 0.176 e. The number of para-hydroxylation sites is 1. The van der Waals surface area contributed by atoms with Gasteiger partial charge >= 0.3 is 0 Å². The van der Waals surface area contributed by atoms with E-state index in [1.807, 2.05) is 24.4 Å². The van der Waals surface area contributed by atoms with Gasteiger partial charge in [-0.2, -0.15) is 0 Å². The molecule has 0 aliphatic heterocycles. The fourth-order valence-electron chi connectivity index (χ4n) is 2.37. The third-order valence-electron chi connectivity index (χ3n) is 3.54. The lowest BCUT2D eigenvalue weighted by atomic mass is 10.2. The monoisotopic (exact) mass is 285 g/mol. The highest BCUT2D eigenvalue weighted by Crippen LogP contribution is 2.30. The first-order valence-corrected chi connectivity index (χ1v) is 7.06. The van der Waals surface area contributed by atoms with Gasteiger partial charge in [-0.25, -0.2) is 4.98 Å². The topological polar surface area (TPSA) is 63.1 Å². The van der Waals surface area contributed by atoms with Crippen LogP contribution >= 0.6 is 0 Å². The second-order valence-corrected chi connectivity index (χ2v) is 4.99. The predicted molar refractivity (Wildman–Crippen MR) is 81.5 cm³/mol. The van der Waals surface area contributed by atoms with E-state index < -0.39 is 0 Å². The number of furan rings is 1. The average molecular weight is 285 g/mol. The molecule has 0 aliphatic rings. The summed E-state index contributed by atoms with van der Waals surface area (Å²) in [5.41, 5.74) is 0.801. The minimum absolute atomic E-state index is 0.136. The van der Waals surface area contributed by atoms with Crippen molar-refractivity contribution in [3.05, 3.63) is 48.2 Å². The van der Waals surface area contributed by atoms with E-state index in [4.69, 9.17) is 9.15 Å². The minimum atomic E-state index is 0.136. The Morgan fingerprint density at radius 1 is 1.43 bits per heavy atom. The minimum Gasteiger partial charge on any atom is -0.493 e. The average Bonchev–Trinajstić information content (AvgIpc) is 3.15. The van der Waals surface area contributed by atoms with Crippen LogP contribution in [0.4, 0.5) is 0 Å². The number of hydrogen-bond donors (Lipinski definition) is 2. The van der Waals surface area contributed by atoms with Crippen LogP contribution in [0.5, 0.6) is 5.75 Å². The molecule has 5 nitrogen and oxygen atoms in total. The normalized spacial score (nSPS) is 12.7. The van der Waals surface area contributed by atoms with Crippen LogP contribution in [0.1, 0.15) is 24.6 Å². The molecule has 0 saturated carbocycles. The zero-order valence-electron chi connectivity index (χ0n) is 12.2. The number of H-pyrrole nitrogens is 1. The lowest BCUT2D eigenvalue weighted by Crippen LogP contribution is -2.21. The number of nitrogens with zero attached hydrogens (tertiary/aromatic N) is 1. The van der Waals surface area contributed by atoms with Gasteiger partial charge in [-0.05, 0) is 19.1 Å². The summed E-state index contributed by atoms with van der Waals surface area (Å²) in [6.45, 7) is 2.93. The van der Waals surface area contributed by atoms with Crippen LogP contribution in [0.15, 0.2) is 41.1 Å². The van der Waals surface area contributed by atoms with Crippen LogP contribution in [0.25, 0.3) is 11.0 Å². The van der Waals surface area contributed by atoms with E-state index in [0.717, 1.165) is 41.3 Å². The Kier molecular flexibility index (Phi) is 3.92. The van der Waals surface area contributed by atoms with E-state index in [1.165, 1.54) is 0 Å². The Labute approximate surface area is 123 Å². The van der Waals surface area contributed by atoms with Gasteiger partial charge in [0.05, 0.1) is 13.2 Å². The number of methoxy groups -OCH3 is 1. The fraction of sp³-hybridized carbons (Fsp3) is 0.312. The molecule has 1 aromatic carbocycles. The van der Waals surface area contributed by atoms with E-state index in [1.54, 1.807) is 13.3 Å². The van der Waals surface area contributed by atoms with Crippen molar-refractivity contribution in [3.63, 3.8) is 0 Å². The predicted octanol–water partition coefficient (Wildman–Crippen LogP) is 3.06. The van der Waals surface area contributed by atoms with Crippen LogP contribution in [0, 0.1) is 0 Å². The van der Waals surface area contributed by atoms with Crippen LogP contribution in [-0.2, 0) is 6.42 Å². The van der Waals surface area contributed by atoms with Gasteiger partial charge in [0.25, 0.3) is 0 Å². The second-order valence-electron chi connectivity index (χ2n) is 4.99. The van der Waals surface area contributed by atoms with E-state index in [-0.39, 0.29) is 6.04 Å². The van der Waals surface area contributed by atoms with Crippen LogP contribution in [-0.4, -0.2) is 23.6 Å². The molecule has 21 heavy (non-hydrogen) atoms. The summed E-state index contributed by atoms with van der Waals surface area (Å²) in [6, 6.07) is 8.10. The molecule has 0 bridgehead atoms. The van der Waals surface area contributed by atoms with Crippen molar-refractivity contribution in [2.45, 2.75) is 19.4 Å². The molecule has 5 heteroatoms. The molecule has 0 radical (unpaired) electrons. The fourth-order valence-corrected chi connectivity index (χ4v) is 2.37. The molecule has 2 aromatic heterocycles. The summed E-state index contributed by atoms with van der Waals surface area (Å²) in [5.74, 6) is 2.66. The van der Waals surface area contributed by atoms with Crippen LogP contribution in [0.2, 0.25) is 0 Å². The van der Waals surface area contributed by atoms with Gasteiger partial charge in [-0.1, -0.05) is 12.1 Å². The molecule has 0 aliphatic carbocycles. The first kappa shape index (κ1) is 13.7. The van der Waals surface area contributed by atoms with Crippen LogP contribution in [0.3, 0.4) is 0 Å². The molecule has 1 unspecified atom stereocenters. The van der Waals surface area contributed by atoms with E-state index >= 15 is 0 Å². The van der Waals surface area contributed by atoms with Gasteiger partial charge < -0.3 is 19.5 Å². The molecular formula is C16H19N3O2. The lowest BCUT2D eigenvalue weighted by molar-refractivity contribution is 0.400. The van der Waals surface area contributed by atoms with Crippen molar-refractivity contribution in [2.24, 2.45) is 0 Å². The maximum absolute atomic E-state index is 5.93. The summed E-state index contributed by atoms with van der Waals surface area (Å²) in [6.07, 6.45) is 4.47. The summed E-state index contributed by atoms with van der Waals surface area (Å²) in [4.78, 5) is 7.30. The standard InChI is InChI=1S/C16H19N3O2/c1-11(17-7-6-15-18-8-9-19-15)14-10-12-4-3-5-13(20-2)16(12)21-14/h3-5,8-11,17H,6-7H2,1-2H3,(H,18,19). The number of aromatic amines is 1. The Bertz CT molecular complexity index is 703. The highest BCUT2D eigenvalue weighted by Gasteiger charge is 2.13. The van der Waals surface area contributed by atoms with Gasteiger partial charge in [0.2, 0.25) is 0 Å². The van der Waals surface area contributed by atoms with E-state index in [2.05, 4.69) is 28.3 Å². The van der Waals surface area contributed by atoms with Gasteiger partial charge in [-0.15, -0.1) is 0 Å². The Balaban J connectivity index is 1.68. The number of rotatable bonds is 6. The van der Waals surface area contributed by atoms with Crippen molar-refractivity contribution in [2.75, 3.05) is 13.7 Å². The zero-order chi connectivity index (χ0) is 14.7. The first-order valence-electron chi connectivity index (χ1n) is 7.06. The highest BCUT2D eigenvalue weighted by atomic mass is 16.5. The third kappa shape index (κ3) is 2.92. The van der Waals surface area contributed by atoms with Crippen molar-refractivity contribution in [1.82, 2.24) is 15.3 Å². The molecule has 3 aromatic rings. The molecule has 0 amide bonds. The number of nitrogens with one attached hydrogen (secondary N) is 2. The number of fused-ring (bicyclic) bond motifs is 1. The smallest absolute Gasteiger partial charge is 0.176 e. The highest BCUT2D eigenvalue weighted by molar-refractivity contribution is 5.83. The molecule has 2 N–H and O–H groups in total. The molecule has 0 saturated heterocycles. The van der Waals surface area contributed by atoms with Gasteiger partial charge in [0, 0.05) is 30.7 Å². The van der Waals surface area contributed by atoms with Gasteiger partial charge in [0.15, 0.2) is 11.3 Å². The quantitative estimate of drug-likeness (QED) is 0.730. The molecule has 1 atom stereocenters. The van der Waals surface area contributed by atoms with Crippen molar-refractivity contribution in [1.29, 1.82) is 0 Å². The molecule has 2 heterocycles. The molecule has 0 fully saturated rings. The van der Waals surface area contributed by atoms with Crippen molar-refractivity contribution < 1.29 is 9.15 Å². The molecule has 110 valence electrons. The van der Waals surface area contributed by atoms with Crippen molar-refractivity contribution in [3.8, 4) is 5.75 Å². The lowest BCUT2D eigenvalue weighted by Gasteiger charge is -2.10. The summed E-state index contributed by atoms with van der Waals surface area (Å²) < 4.78 is 11.3. The van der Waals surface area contributed by atoms with Crippen LogP contribution < -0.4 is 10.1 Å². The van der Waals surface area contributed by atoms with E-state index in [0.29, 0.717) is 0 Å². The number of aromatic nitrogens is 2. The molecule has 0 spiro atoms. The summed E-state index contributed by atoms with van der Waals surface area (Å²) in [5, 5.41) is 4.50.